The highest BCUT2D eigenvalue weighted by Gasteiger charge is 2.19. The van der Waals surface area contributed by atoms with Crippen LogP contribution in [0.2, 0.25) is 5.02 Å². The molecule has 1 fully saturated rings. The molecule has 1 aromatic carbocycles. The maximum Gasteiger partial charge on any atom is 0.320 e. The Kier molecular flexibility index (Phi) is 5.22. The van der Waals surface area contributed by atoms with Crippen LogP contribution in [-0.2, 0) is 6.42 Å². The van der Waals surface area contributed by atoms with Crippen molar-refractivity contribution in [3.63, 3.8) is 0 Å². The third kappa shape index (κ3) is 4.20. The highest BCUT2D eigenvalue weighted by atomic mass is 35.5. The molecule has 2 aromatic heterocycles. The average Bonchev–Trinajstić information content (AvgIpc) is 3.32. The van der Waals surface area contributed by atoms with Gasteiger partial charge in [0, 0.05) is 34.9 Å². The number of aromatic amines is 1. The summed E-state index contributed by atoms with van der Waals surface area (Å²) in [7, 11) is 0. The van der Waals surface area contributed by atoms with E-state index < -0.39 is 0 Å². The van der Waals surface area contributed by atoms with Crippen molar-refractivity contribution < 1.29 is 4.79 Å². The number of fused-ring (bicyclic) bond motifs is 1. The van der Waals surface area contributed by atoms with E-state index in [0.717, 1.165) is 41.7 Å². The van der Waals surface area contributed by atoms with E-state index in [1.165, 1.54) is 0 Å². The number of amides is 2. The number of H-pyrrole nitrogens is 1. The predicted molar refractivity (Wildman–Crippen MR) is 106 cm³/mol. The van der Waals surface area contributed by atoms with Crippen LogP contribution in [0.1, 0.15) is 30.3 Å². The van der Waals surface area contributed by atoms with Crippen LogP contribution in [0.15, 0.2) is 36.7 Å². The van der Waals surface area contributed by atoms with Gasteiger partial charge in [0.25, 0.3) is 0 Å². The van der Waals surface area contributed by atoms with Crippen LogP contribution in [0.25, 0.3) is 10.9 Å². The molecule has 1 unspecified atom stereocenters. The summed E-state index contributed by atoms with van der Waals surface area (Å²) in [5.74, 6) is 1.23. The summed E-state index contributed by atoms with van der Waals surface area (Å²) in [6.07, 6.45) is 6.46. The van der Waals surface area contributed by atoms with Gasteiger partial charge in [-0.2, -0.15) is 0 Å². The highest BCUT2D eigenvalue weighted by Crippen LogP contribution is 2.23. The minimum atomic E-state index is -0.281. The average molecular weight is 385 g/mol. The van der Waals surface area contributed by atoms with Crippen LogP contribution < -0.4 is 16.0 Å². The normalized spacial score (nSPS) is 16.6. The van der Waals surface area contributed by atoms with Crippen LogP contribution >= 0.6 is 11.6 Å². The van der Waals surface area contributed by atoms with Crippen molar-refractivity contribution in [1.82, 2.24) is 25.6 Å². The molecule has 4 N–H and O–H groups in total. The summed E-state index contributed by atoms with van der Waals surface area (Å²) in [4.78, 5) is 24.1. The maximum absolute atomic E-state index is 12.2. The molecule has 7 nitrogen and oxygen atoms in total. The van der Waals surface area contributed by atoms with E-state index in [0.29, 0.717) is 23.8 Å². The molecule has 0 bridgehead atoms. The molecule has 1 saturated heterocycles. The van der Waals surface area contributed by atoms with Crippen molar-refractivity contribution in [1.29, 1.82) is 0 Å². The molecule has 1 aliphatic rings. The standard InChI is InChI=1S/C19H21ClN6O/c20-13-3-4-15-14(10-13)12(11-24-15)5-8-23-19(27)26-17-6-9-22-18(25-17)16-2-1-7-21-16/h3-4,6,9-11,16,21,24H,1-2,5,7-8H2,(H2,22,23,25,26,27). The number of benzene rings is 1. The molecule has 0 saturated carbocycles. The van der Waals surface area contributed by atoms with Crippen molar-refractivity contribution >= 4 is 34.4 Å². The van der Waals surface area contributed by atoms with Crippen molar-refractivity contribution in [3.8, 4) is 0 Å². The largest absolute Gasteiger partial charge is 0.361 e. The number of hydrogen-bond acceptors (Lipinski definition) is 4. The van der Waals surface area contributed by atoms with Crippen LogP contribution in [0.4, 0.5) is 10.6 Å². The van der Waals surface area contributed by atoms with Gasteiger partial charge in [-0.15, -0.1) is 0 Å². The fourth-order valence-corrected chi connectivity index (χ4v) is 3.52. The first kappa shape index (κ1) is 17.8. The van der Waals surface area contributed by atoms with Gasteiger partial charge in [0.15, 0.2) is 0 Å². The number of aromatic nitrogens is 3. The molecule has 4 rings (SSSR count). The lowest BCUT2D eigenvalue weighted by molar-refractivity contribution is 0.252. The highest BCUT2D eigenvalue weighted by molar-refractivity contribution is 6.31. The fraction of sp³-hybridized carbons (Fsp3) is 0.316. The number of hydrogen-bond donors (Lipinski definition) is 4. The van der Waals surface area contributed by atoms with E-state index >= 15 is 0 Å². The van der Waals surface area contributed by atoms with E-state index in [1.807, 2.05) is 24.4 Å². The number of nitrogens with one attached hydrogen (secondary N) is 4. The van der Waals surface area contributed by atoms with Gasteiger partial charge in [-0.25, -0.2) is 14.8 Å². The van der Waals surface area contributed by atoms with Gasteiger partial charge in [-0.3, -0.25) is 5.32 Å². The first-order valence-corrected chi connectivity index (χ1v) is 9.43. The number of halogens is 1. The molecule has 2 amide bonds. The minimum Gasteiger partial charge on any atom is -0.361 e. The van der Waals surface area contributed by atoms with Gasteiger partial charge in [0.05, 0.1) is 6.04 Å². The van der Waals surface area contributed by atoms with E-state index in [2.05, 4.69) is 30.9 Å². The summed E-state index contributed by atoms with van der Waals surface area (Å²) in [6, 6.07) is 7.32. The second-order valence-corrected chi connectivity index (χ2v) is 7.02. The second kappa shape index (κ2) is 7.94. The summed E-state index contributed by atoms with van der Waals surface area (Å²) < 4.78 is 0. The van der Waals surface area contributed by atoms with E-state index in [1.54, 1.807) is 12.3 Å². The molecule has 140 valence electrons. The number of rotatable bonds is 5. The quantitative estimate of drug-likeness (QED) is 0.542. The van der Waals surface area contributed by atoms with Crippen molar-refractivity contribution in [2.24, 2.45) is 0 Å². The first-order chi connectivity index (χ1) is 13.2. The molecule has 1 atom stereocenters. The molecular weight excluding hydrogens is 364 g/mol. The molecule has 0 aliphatic carbocycles. The number of urea groups is 1. The van der Waals surface area contributed by atoms with Crippen molar-refractivity contribution in [2.45, 2.75) is 25.3 Å². The summed E-state index contributed by atoms with van der Waals surface area (Å²) in [5, 5.41) is 10.8. The van der Waals surface area contributed by atoms with Gasteiger partial charge in [-0.05, 0) is 55.6 Å². The number of carbonyl (C=O) groups excluding carboxylic acids is 1. The molecule has 8 heteroatoms. The van der Waals surface area contributed by atoms with Gasteiger partial charge >= 0.3 is 6.03 Å². The van der Waals surface area contributed by atoms with Crippen LogP contribution in [0.5, 0.6) is 0 Å². The maximum atomic E-state index is 12.2. The third-order valence-electron chi connectivity index (χ3n) is 4.70. The van der Waals surface area contributed by atoms with E-state index in [-0.39, 0.29) is 12.1 Å². The Labute approximate surface area is 161 Å². The molecule has 3 heterocycles. The van der Waals surface area contributed by atoms with Gasteiger partial charge in [-0.1, -0.05) is 11.6 Å². The Balaban J connectivity index is 1.32. The summed E-state index contributed by atoms with van der Waals surface area (Å²) >= 11 is 6.07. The minimum absolute atomic E-state index is 0.170. The second-order valence-electron chi connectivity index (χ2n) is 6.58. The first-order valence-electron chi connectivity index (χ1n) is 9.06. The van der Waals surface area contributed by atoms with Crippen molar-refractivity contribution in [3.05, 3.63) is 53.1 Å². The van der Waals surface area contributed by atoms with Crippen LogP contribution in [0.3, 0.4) is 0 Å². The molecule has 0 spiro atoms. The smallest absolute Gasteiger partial charge is 0.320 e. The Morgan fingerprint density at radius 3 is 3.11 bits per heavy atom. The predicted octanol–water partition coefficient (Wildman–Crippen LogP) is 3.40. The summed E-state index contributed by atoms with van der Waals surface area (Å²) in [5.41, 5.74) is 2.15. The van der Waals surface area contributed by atoms with E-state index in [4.69, 9.17) is 11.6 Å². The van der Waals surface area contributed by atoms with Crippen LogP contribution in [-0.4, -0.2) is 34.1 Å². The Bertz CT molecular complexity index is 950. The lowest BCUT2D eigenvalue weighted by Crippen LogP contribution is -2.31. The number of nitrogens with zero attached hydrogens (tertiary/aromatic N) is 2. The molecule has 3 aromatic rings. The lowest BCUT2D eigenvalue weighted by Gasteiger charge is -2.11. The van der Waals surface area contributed by atoms with E-state index in [9.17, 15) is 4.79 Å². The zero-order chi connectivity index (χ0) is 18.6. The molecular formula is C19H21ClN6O. The van der Waals surface area contributed by atoms with Gasteiger partial charge in [0.1, 0.15) is 11.6 Å². The topological polar surface area (TPSA) is 94.7 Å². The fourth-order valence-electron chi connectivity index (χ4n) is 3.34. The number of anilines is 1. The monoisotopic (exact) mass is 384 g/mol. The zero-order valence-corrected chi connectivity index (χ0v) is 15.5. The third-order valence-corrected chi connectivity index (χ3v) is 4.93. The SMILES string of the molecule is O=C(NCCc1c[nH]c2ccc(Cl)cc12)Nc1ccnc(C2CCCN2)n1. The Morgan fingerprint density at radius 1 is 1.33 bits per heavy atom. The zero-order valence-electron chi connectivity index (χ0n) is 14.8. The van der Waals surface area contributed by atoms with Crippen LogP contribution in [0, 0.1) is 0 Å². The van der Waals surface area contributed by atoms with Crippen molar-refractivity contribution in [2.75, 3.05) is 18.4 Å². The lowest BCUT2D eigenvalue weighted by atomic mass is 10.1. The summed E-state index contributed by atoms with van der Waals surface area (Å²) in [6.45, 7) is 1.48. The Hall–Kier alpha value is -2.64. The molecule has 0 radical (unpaired) electrons. The number of carbonyl (C=O) groups is 1. The molecule has 27 heavy (non-hydrogen) atoms. The van der Waals surface area contributed by atoms with Gasteiger partial charge in [0.2, 0.25) is 0 Å². The molecule has 1 aliphatic heterocycles. The Morgan fingerprint density at radius 2 is 2.26 bits per heavy atom. The van der Waals surface area contributed by atoms with Gasteiger partial charge < -0.3 is 15.6 Å².